The van der Waals surface area contributed by atoms with Crippen molar-refractivity contribution in [3.63, 3.8) is 0 Å². The lowest BCUT2D eigenvalue weighted by Crippen LogP contribution is -2.43. The molecule has 0 saturated carbocycles. The summed E-state index contributed by atoms with van der Waals surface area (Å²) < 4.78 is 57.8. The van der Waals surface area contributed by atoms with E-state index in [0.717, 1.165) is 0 Å². The van der Waals surface area contributed by atoms with Crippen LogP contribution in [-0.2, 0) is 11.2 Å². The smallest absolute Gasteiger partial charge is 0.387 e. The number of halogens is 5. The molecule has 7 nitrogen and oxygen atoms in total. The Morgan fingerprint density at radius 3 is 2.51 bits per heavy atom. The molecule has 4 rings (SSSR count). The monoisotopic (exact) mass is 557 g/mol. The maximum absolute atomic E-state index is 14.6. The van der Waals surface area contributed by atoms with E-state index in [1.165, 1.54) is 12.3 Å². The molecule has 39 heavy (non-hydrogen) atoms. The molecule has 0 radical (unpaired) electrons. The van der Waals surface area contributed by atoms with Gasteiger partial charge in [-0.3, -0.25) is 9.78 Å². The number of aromatic nitrogens is 1. The van der Waals surface area contributed by atoms with Crippen LogP contribution < -0.4 is 10.1 Å². The molecule has 0 aliphatic carbocycles. The molecular weight excluding hydrogens is 542 g/mol. The third-order valence-electron chi connectivity index (χ3n) is 5.77. The van der Waals surface area contributed by atoms with Gasteiger partial charge in [0.2, 0.25) is 0 Å². The van der Waals surface area contributed by atoms with Crippen molar-refractivity contribution in [1.82, 2.24) is 10.3 Å². The number of nitrogens with one attached hydrogen (secondary N) is 1. The molecule has 1 amide bonds. The third-order valence-corrected chi connectivity index (χ3v) is 6.09. The summed E-state index contributed by atoms with van der Waals surface area (Å²) >= 11 is 6.37. The Morgan fingerprint density at radius 1 is 1.10 bits per heavy atom. The number of aliphatic carboxylic acids is 1. The zero-order valence-corrected chi connectivity index (χ0v) is 20.3. The average Bonchev–Trinajstić information content (AvgIpc) is 2.90. The van der Waals surface area contributed by atoms with Crippen molar-refractivity contribution in [2.45, 2.75) is 19.1 Å². The first kappa shape index (κ1) is 27.3. The van der Waals surface area contributed by atoms with E-state index in [2.05, 4.69) is 9.72 Å². The number of pyridine rings is 1. The predicted molar refractivity (Wildman–Crippen MR) is 132 cm³/mol. The molecule has 2 N–H and O–H groups in total. The minimum absolute atomic E-state index is 0.298. The van der Waals surface area contributed by atoms with Crippen LogP contribution in [0.2, 0.25) is 5.02 Å². The molecule has 0 bridgehead atoms. The Morgan fingerprint density at radius 2 is 1.85 bits per heavy atom. The second-order valence-corrected chi connectivity index (χ2v) is 8.57. The van der Waals surface area contributed by atoms with Gasteiger partial charge in [-0.25, -0.2) is 13.6 Å². The quantitative estimate of drug-likeness (QED) is 0.268. The SMILES string of the molecule is N#Cc1ccc(-c2ccc(CC(NC(=O)c3c(F)ccc(OC(F)F)c3F)C(=O)O)c3cccnc23)c(Cl)c1. The largest absolute Gasteiger partial charge is 0.480 e. The number of nitriles is 1. The summed E-state index contributed by atoms with van der Waals surface area (Å²) in [6.07, 6.45) is 1.20. The molecule has 12 heteroatoms. The van der Waals surface area contributed by atoms with Gasteiger partial charge < -0.3 is 15.2 Å². The lowest BCUT2D eigenvalue weighted by Gasteiger charge is -2.18. The van der Waals surface area contributed by atoms with Crippen LogP contribution in [0.1, 0.15) is 21.5 Å². The van der Waals surface area contributed by atoms with Crippen LogP contribution in [0.15, 0.2) is 60.8 Å². The Hall–Kier alpha value is -4.69. The van der Waals surface area contributed by atoms with Gasteiger partial charge >= 0.3 is 12.6 Å². The molecule has 3 aromatic carbocycles. The number of carboxylic acids is 1. The van der Waals surface area contributed by atoms with Gasteiger partial charge in [-0.05, 0) is 35.9 Å². The van der Waals surface area contributed by atoms with Gasteiger partial charge in [0.25, 0.3) is 5.91 Å². The Balaban J connectivity index is 1.68. The van der Waals surface area contributed by atoms with Gasteiger partial charge in [-0.2, -0.15) is 14.0 Å². The molecule has 0 aliphatic heterocycles. The van der Waals surface area contributed by atoms with Crippen LogP contribution >= 0.6 is 11.6 Å². The molecule has 4 aromatic rings. The maximum atomic E-state index is 14.6. The van der Waals surface area contributed by atoms with E-state index >= 15 is 0 Å². The van der Waals surface area contributed by atoms with E-state index in [9.17, 15) is 32.3 Å². The maximum Gasteiger partial charge on any atom is 0.387 e. The van der Waals surface area contributed by atoms with E-state index < -0.39 is 47.5 Å². The van der Waals surface area contributed by atoms with Crippen molar-refractivity contribution in [1.29, 1.82) is 5.26 Å². The van der Waals surface area contributed by atoms with Crippen LogP contribution in [0.3, 0.4) is 0 Å². The number of hydrogen-bond acceptors (Lipinski definition) is 5. The van der Waals surface area contributed by atoms with Gasteiger partial charge in [-0.15, -0.1) is 0 Å². The molecule has 1 aromatic heterocycles. The van der Waals surface area contributed by atoms with Crippen molar-refractivity contribution in [3.8, 4) is 22.9 Å². The minimum Gasteiger partial charge on any atom is -0.480 e. The van der Waals surface area contributed by atoms with Gasteiger partial charge in [0.05, 0.1) is 17.1 Å². The van der Waals surface area contributed by atoms with Crippen LogP contribution in [-0.4, -0.2) is 34.6 Å². The zero-order valence-electron chi connectivity index (χ0n) is 19.6. The molecular formula is C27H16ClF4N3O4. The first-order chi connectivity index (χ1) is 18.6. The highest BCUT2D eigenvalue weighted by Gasteiger charge is 2.28. The molecule has 1 atom stereocenters. The summed E-state index contributed by atoms with van der Waals surface area (Å²) in [5, 5.41) is 21.7. The Kier molecular flexibility index (Phi) is 7.97. The van der Waals surface area contributed by atoms with Gasteiger partial charge in [0.1, 0.15) is 17.4 Å². The Labute approximate surface area is 223 Å². The highest BCUT2D eigenvalue weighted by molar-refractivity contribution is 6.33. The predicted octanol–water partition coefficient (Wildman–Crippen LogP) is 5.73. The van der Waals surface area contributed by atoms with Crippen molar-refractivity contribution in [2.75, 3.05) is 0 Å². The lowest BCUT2D eigenvalue weighted by atomic mass is 9.94. The number of ether oxygens (including phenoxy) is 1. The number of carbonyl (C=O) groups excluding carboxylic acids is 1. The van der Waals surface area contributed by atoms with E-state index in [0.29, 0.717) is 50.3 Å². The summed E-state index contributed by atoms with van der Waals surface area (Å²) in [6.45, 7) is -3.43. The zero-order chi connectivity index (χ0) is 28.3. The van der Waals surface area contributed by atoms with E-state index in [1.807, 2.05) is 11.4 Å². The van der Waals surface area contributed by atoms with Crippen molar-refractivity contribution < 1.29 is 37.0 Å². The van der Waals surface area contributed by atoms with Gasteiger partial charge in [0, 0.05) is 34.2 Å². The van der Waals surface area contributed by atoms with E-state index in [1.54, 1.807) is 36.4 Å². The normalized spacial score (nSPS) is 11.7. The standard InChI is InChI=1S/C27H16ClF4N3O4/c28-18-10-13(12-33)3-5-16(18)17-6-4-14(15-2-1-9-34-24(15)17)11-20(26(37)38)35-25(36)22-19(29)7-8-21(23(22)30)39-27(31)32/h1-10,20,27H,11H2,(H,35,36)(H,37,38). The van der Waals surface area contributed by atoms with Crippen molar-refractivity contribution >= 4 is 34.4 Å². The summed E-state index contributed by atoms with van der Waals surface area (Å²) in [6, 6.07) is 12.7. The number of amides is 1. The highest BCUT2D eigenvalue weighted by atomic mass is 35.5. The number of rotatable bonds is 8. The lowest BCUT2D eigenvalue weighted by molar-refractivity contribution is -0.139. The summed E-state index contributed by atoms with van der Waals surface area (Å²) in [7, 11) is 0. The molecule has 0 fully saturated rings. The average molecular weight is 558 g/mol. The number of fused-ring (bicyclic) bond motifs is 1. The topological polar surface area (TPSA) is 112 Å². The molecule has 1 heterocycles. The molecule has 1 unspecified atom stereocenters. The number of hydrogen-bond donors (Lipinski definition) is 2. The fourth-order valence-electron chi connectivity index (χ4n) is 4.01. The fourth-order valence-corrected chi connectivity index (χ4v) is 4.29. The first-order valence-electron chi connectivity index (χ1n) is 11.1. The van der Waals surface area contributed by atoms with Gasteiger partial charge in [-0.1, -0.05) is 35.9 Å². The minimum atomic E-state index is -3.43. The van der Waals surface area contributed by atoms with Crippen LogP contribution in [0.25, 0.3) is 22.0 Å². The first-order valence-corrected chi connectivity index (χ1v) is 11.5. The second-order valence-electron chi connectivity index (χ2n) is 8.16. The number of carboxylic acid groups (broad SMARTS) is 1. The van der Waals surface area contributed by atoms with Crippen LogP contribution in [0.5, 0.6) is 5.75 Å². The van der Waals surface area contributed by atoms with Gasteiger partial charge in [0.15, 0.2) is 11.6 Å². The number of nitrogens with zero attached hydrogens (tertiary/aromatic N) is 2. The van der Waals surface area contributed by atoms with Crippen molar-refractivity contribution in [3.05, 3.63) is 94.1 Å². The number of benzene rings is 3. The second kappa shape index (κ2) is 11.4. The summed E-state index contributed by atoms with van der Waals surface area (Å²) in [4.78, 5) is 29.1. The Bertz CT molecular complexity index is 1640. The summed E-state index contributed by atoms with van der Waals surface area (Å²) in [5.74, 6) is -7.15. The summed E-state index contributed by atoms with van der Waals surface area (Å²) in [5.41, 5.74) is 1.14. The van der Waals surface area contributed by atoms with Crippen LogP contribution in [0, 0.1) is 23.0 Å². The molecule has 198 valence electrons. The van der Waals surface area contributed by atoms with E-state index in [-0.39, 0.29) is 6.42 Å². The molecule has 0 spiro atoms. The number of carbonyl (C=O) groups is 2. The van der Waals surface area contributed by atoms with E-state index in [4.69, 9.17) is 16.9 Å². The third kappa shape index (κ3) is 5.76. The van der Waals surface area contributed by atoms with Crippen LogP contribution in [0.4, 0.5) is 17.6 Å². The highest BCUT2D eigenvalue weighted by Crippen LogP contribution is 2.35. The molecule has 0 aliphatic rings. The number of alkyl halides is 2. The molecule has 0 saturated heterocycles. The fraction of sp³-hybridized carbons (Fsp3) is 0.111. The van der Waals surface area contributed by atoms with Crippen molar-refractivity contribution in [2.24, 2.45) is 0 Å².